The lowest BCUT2D eigenvalue weighted by Crippen LogP contribution is -2.24. The van der Waals surface area contributed by atoms with Crippen LogP contribution in [0.3, 0.4) is 0 Å². The van der Waals surface area contributed by atoms with Crippen molar-refractivity contribution in [2.24, 2.45) is 5.73 Å². The third kappa shape index (κ3) is 3.91. The van der Waals surface area contributed by atoms with Crippen LogP contribution in [0.4, 0.5) is 0 Å². The lowest BCUT2D eigenvalue weighted by Gasteiger charge is -2.06. The molecule has 0 atom stereocenters. The molecule has 0 aliphatic heterocycles. The van der Waals surface area contributed by atoms with E-state index in [0.717, 1.165) is 5.56 Å². The average Bonchev–Trinajstić information content (AvgIpc) is 2.88. The van der Waals surface area contributed by atoms with Gasteiger partial charge in [0.1, 0.15) is 0 Å². The summed E-state index contributed by atoms with van der Waals surface area (Å²) in [5.41, 5.74) is 7.56. The highest BCUT2D eigenvalue weighted by molar-refractivity contribution is 5.96. The van der Waals surface area contributed by atoms with Crippen molar-refractivity contribution < 1.29 is 9.32 Å². The highest BCUT2D eigenvalue weighted by Crippen LogP contribution is 2.11. The van der Waals surface area contributed by atoms with Gasteiger partial charge in [-0.1, -0.05) is 23.1 Å². The van der Waals surface area contributed by atoms with Gasteiger partial charge in [0, 0.05) is 12.5 Å². The number of rotatable bonds is 3. The number of hydrogen-bond donors (Lipinski definition) is 2. The topological polar surface area (TPSA) is 94.0 Å². The predicted octanol–water partition coefficient (Wildman–Crippen LogP) is 0.927. The van der Waals surface area contributed by atoms with Gasteiger partial charge in [0.25, 0.3) is 5.91 Å². The molecule has 1 heterocycles. The van der Waals surface area contributed by atoms with Crippen LogP contribution in [0.25, 0.3) is 0 Å². The zero-order valence-corrected chi connectivity index (χ0v) is 11.9. The quantitative estimate of drug-likeness (QED) is 0.818. The molecular weight excluding hydrogens is 268 g/mol. The fraction of sp³-hybridized carbons (Fsp3) is 0.267. The number of hydrogen-bond acceptors (Lipinski definition) is 5. The summed E-state index contributed by atoms with van der Waals surface area (Å²) in [6.07, 6.45) is 0. The molecule has 1 aromatic heterocycles. The second-order valence-corrected chi connectivity index (χ2v) is 4.47. The molecule has 0 aliphatic carbocycles. The van der Waals surface area contributed by atoms with E-state index >= 15 is 0 Å². The van der Waals surface area contributed by atoms with E-state index in [1.807, 2.05) is 19.1 Å². The number of nitrogens with one attached hydrogen (secondary N) is 1. The van der Waals surface area contributed by atoms with Crippen LogP contribution in [-0.4, -0.2) is 22.6 Å². The van der Waals surface area contributed by atoms with E-state index in [2.05, 4.69) is 27.3 Å². The lowest BCUT2D eigenvalue weighted by atomic mass is 10.0. The first-order valence-electron chi connectivity index (χ1n) is 6.47. The summed E-state index contributed by atoms with van der Waals surface area (Å²) in [5, 5.41) is 6.46. The van der Waals surface area contributed by atoms with Gasteiger partial charge in [-0.2, -0.15) is 4.98 Å². The minimum atomic E-state index is -0.237. The maximum absolute atomic E-state index is 12.2. The average molecular weight is 284 g/mol. The van der Waals surface area contributed by atoms with Gasteiger partial charge in [-0.15, -0.1) is 0 Å². The molecule has 3 N–H and O–H groups in total. The molecule has 0 aliphatic rings. The monoisotopic (exact) mass is 284 g/mol. The van der Waals surface area contributed by atoms with Crippen LogP contribution in [-0.2, 0) is 6.54 Å². The fourth-order valence-electron chi connectivity index (χ4n) is 1.77. The van der Waals surface area contributed by atoms with Crippen molar-refractivity contribution in [1.29, 1.82) is 0 Å². The maximum Gasteiger partial charge on any atom is 0.252 e. The minimum Gasteiger partial charge on any atom is -0.345 e. The Bertz CT molecular complexity index is 710. The number of amides is 1. The summed E-state index contributed by atoms with van der Waals surface area (Å²) in [6, 6.07) is 5.46. The van der Waals surface area contributed by atoms with Crippen molar-refractivity contribution in [3.63, 3.8) is 0 Å². The number of benzene rings is 1. The van der Waals surface area contributed by atoms with Crippen molar-refractivity contribution in [2.45, 2.75) is 20.4 Å². The first-order valence-corrected chi connectivity index (χ1v) is 6.47. The van der Waals surface area contributed by atoms with Gasteiger partial charge in [0.2, 0.25) is 5.89 Å². The van der Waals surface area contributed by atoms with Gasteiger partial charge >= 0.3 is 0 Å². The Hall–Kier alpha value is -2.65. The molecule has 2 aromatic rings. The van der Waals surface area contributed by atoms with Crippen molar-refractivity contribution >= 4 is 5.91 Å². The number of nitrogens with zero attached hydrogens (tertiary/aromatic N) is 2. The van der Waals surface area contributed by atoms with E-state index in [0.29, 0.717) is 22.8 Å². The van der Waals surface area contributed by atoms with Crippen LogP contribution < -0.4 is 11.1 Å². The number of aryl methyl sites for hydroxylation is 2. The Morgan fingerprint density at radius 3 is 2.90 bits per heavy atom. The van der Waals surface area contributed by atoms with Crippen LogP contribution in [0.1, 0.15) is 33.2 Å². The molecule has 0 saturated carbocycles. The number of nitrogens with two attached hydrogens (primary N) is 1. The van der Waals surface area contributed by atoms with Gasteiger partial charge in [0.15, 0.2) is 5.82 Å². The molecule has 2 rings (SSSR count). The van der Waals surface area contributed by atoms with E-state index in [9.17, 15) is 4.79 Å². The third-order valence-corrected chi connectivity index (χ3v) is 2.72. The zero-order chi connectivity index (χ0) is 15.2. The predicted molar refractivity (Wildman–Crippen MR) is 77.3 cm³/mol. The number of carbonyl (C=O) groups is 1. The highest BCUT2D eigenvalue weighted by Gasteiger charge is 2.11. The minimum absolute atomic E-state index is 0.202. The van der Waals surface area contributed by atoms with Crippen molar-refractivity contribution in [3.05, 3.63) is 46.6 Å². The summed E-state index contributed by atoms with van der Waals surface area (Å²) in [4.78, 5) is 16.2. The molecule has 0 saturated heterocycles. The molecule has 0 bridgehead atoms. The van der Waals surface area contributed by atoms with Crippen LogP contribution in [0, 0.1) is 25.7 Å². The molecule has 1 amide bonds. The SMILES string of the molecule is Cc1ccc(C(=O)NCc2noc(C)n2)c(C#CCN)c1. The Labute approximate surface area is 122 Å². The summed E-state index contributed by atoms with van der Waals surface area (Å²) in [6.45, 7) is 4.08. The van der Waals surface area contributed by atoms with Gasteiger partial charge < -0.3 is 15.6 Å². The standard InChI is InChI=1S/C15H16N4O2/c1-10-5-6-13(12(8-10)4-3-7-16)15(20)17-9-14-18-11(2)21-19-14/h5-6,8H,7,9,16H2,1-2H3,(H,17,20). The van der Waals surface area contributed by atoms with E-state index in [1.54, 1.807) is 13.0 Å². The summed E-state index contributed by atoms with van der Waals surface area (Å²) < 4.78 is 4.85. The van der Waals surface area contributed by atoms with Gasteiger partial charge in [-0.25, -0.2) is 0 Å². The molecule has 6 nitrogen and oxygen atoms in total. The summed E-state index contributed by atoms with van der Waals surface area (Å²) in [7, 11) is 0. The van der Waals surface area contributed by atoms with E-state index < -0.39 is 0 Å². The molecule has 0 fully saturated rings. The molecule has 21 heavy (non-hydrogen) atoms. The largest absolute Gasteiger partial charge is 0.345 e. The fourth-order valence-corrected chi connectivity index (χ4v) is 1.77. The van der Waals surface area contributed by atoms with E-state index in [1.165, 1.54) is 0 Å². The number of aromatic nitrogens is 2. The van der Waals surface area contributed by atoms with E-state index in [4.69, 9.17) is 10.3 Å². The van der Waals surface area contributed by atoms with E-state index in [-0.39, 0.29) is 19.0 Å². The molecular formula is C15H16N4O2. The molecule has 0 radical (unpaired) electrons. The van der Waals surface area contributed by atoms with Gasteiger partial charge in [-0.3, -0.25) is 4.79 Å². The Kier molecular flexibility index (Phi) is 4.69. The molecule has 6 heteroatoms. The summed E-state index contributed by atoms with van der Waals surface area (Å²) >= 11 is 0. The third-order valence-electron chi connectivity index (χ3n) is 2.72. The molecule has 108 valence electrons. The van der Waals surface area contributed by atoms with Gasteiger partial charge in [-0.05, 0) is 24.6 Å². The second kappa shape index (κ2) is 6.68. The summed E-state index contributed by atoms with van der Waals surface area (Å²) in [5.74, 6) is 6.33. The first kappa shape index (κ1) is 14.8. The molecule has 0 spiro atoms. The van der Waals surface area contributed by atoms with Gasteiger partial charge in [0.05, 0.1) is 18.7 Å². The smallest absolute Gasteiger partial charge is 0.252 e. The van der Waals surface area contributed by atoms with Crippen LogP contribution in [0.5, 0.6) is 0 Å². The number of carbonyl (C=O) groups excluding carboxylic acids is 1. The van der Waals surface area contributed by atoms with Crippen molar-refractivity contribution in [3.8, 4) is 11.8 Å². The zero-order valence-electron chi connectivity index (χ0n) is 11.9. The molecule has 1 aromatic carbocycles. The second-order valence-electron chi connectivity index (χ2n) is 4.47. The molecule has 0 unspecified atom stereocenters. The Morgan fingerprint density at radius 1 is 1.43 bits per heavy atom. The Balaban J connectivity index is 2.14. The van der Waals surface area contributed by atoms with Crippen molar-refractivity contribution in [2.75, 3.05) is 6.54 Å². The first-order chi connectivity index (χ1) is 10.1. The highest BCUT2D eigenvalue weighted by atomic mass is 16.5. The Morgan fingerprint density at radius 2 is 2.24 bits per heavy atom. The normalized spacial score (nSPS) is 9.86. The maximum atomic E-state index is 12.2. The lowest BCUT2D eigenvalue weighted by molar-refractivity contribution is 0.0949. The van der Waals surface area contributed by atoms with Crippen molar-refractivity contribution in [1.82, 2.24) is 15.5 Å². The van der Waals surface area contributed by atoms with Crippen LogP contribution >= 0.6 is 0 Å². The van der Waals surface area contributed by atoms with Crippen LogP contribution in [0.15, 0.2) is 22.7 Å². The van der Waals surface area contributed by atoms with Crippen LogP contribution in [0.2, 0.25) is 0 Å².